The Morgan fingerprint density at radius 1 is 1.26 bits per heavy atom. The Morgan fingerprint density at radius 3 is 2.65 bits per heavy atom. The third kappa shape index (κ3) is 5.06. The van der Waals surface area contributed by atoms with Crippen molar-refractivity contribution in [2.45, 2.75) is 69.9 Å². The van der Waals surface area contributed by atoms with E-state index in [9.17, 15) is 9.59 Å². The molecular weight excluding hydrogens is 292 g/mol. The number of nitrogens with one attached hydrogen (secondary N) is 1. The average Bonchev–Trinajstić information content (AvgIpc) is 3.26. The van der Waals surface area contributed by atoms with Gasteiger partial charge in [0.2, 0.25) is 5.91 Å². The Kier molecular flexibility index (Phi) is 5.36. The Bertz CT molecular complexity index is 479. The van der Waals surface area contributed by atoms with Gasteiger partial charge < -0.3 is 10.4 Å². The van der Waals surface area contributed by atoms with E-state index >= 15 is 0 Å². The Hall–Kier alpha value is -1.36. The molecule has 0 aromatic carbocycles. The molecular formula is C18H28N2O3. The number of carbonyl (C=O) groups is 2. The smallest absolute Gasteiger partial charge is 0.317 e. The normalized spacial score (nSPS) is 27.3. The maximum Gasteiger partial charge on any atom is 0.317 e. The molecule has 3 rings (SSSR count). The summed E-state index contributed by atoms with van der Waals surface area (Å²) in [5.41, 5.74) is 1.28. The number of allylic oxidation sites excluding steroid dienone is 1. The van der Waals surface area contributed by atoms with Gasteiger partial charge in [0.1, 0.15) is 0 Å². The van der Waals surface area contributed by atoms with Gasteiger partial charge in [-0.1, -0.05) is 11.6 Å². The van der Waals surface area contributed by atoms with Crippen molar-refractivity contribution < 1.29 is 14.7 Å². The van der Waals surface area contributed by atoms with E-state index in [1.54, 1.807) is 0 Å². The van der Waals surface area contributed by atoms with E-state index in [1.165, 1.54) is 31.3 Å². The van der Waals surface area contributed by atoms with Crippen molar-refractivity contribution in [1.82, 2.24) is 10.2 Å². The number of hydrogen-bond donors (Lipinski definition) is 2. The minimum atomic E-state index is -0.748. The second kappa shape index (κ2) is 7.47. The molecule has 2 saturated carbocycles. The Morgan fingerprint density at radius 2 is 2.04 bits per heavy atom. The van der Waals surface area contributed by atoms with Gasteiger partial charge in [0.15, 0.2) is 0 Å². The van der Waals surface area contributed by atoms with Crippen LogP contribution in [0.25, 0.3) is 0 Å². The first-order valence-electron chi connectivity index (χ1n) is 9.03. The van der Waals surface area contributed by atoms with Gasteiger partial charge in [0.25, 0.3) is 0 Å². The summed E-state index contributed by atoms with van der Waals surface area (Å²) in [6.45, 7) is 1.04. The summed E-state index contributed by atoms with van der Waals surface area (Å²) < 4.78 is 0. The molecule has 0 spiro atoms. The Balaban J connectivity index is 1.39. The lowest BCUT2D eigenvalue weighted by Gasteiger charge is -2.42. The second-order valence-electron chi connectivity index (χ2n) is 7.44. The fourth-order valence-corrected chi connectivity index (χ4v) is 3.70. The highest BCUT2D eigenvalue weighted by molar-refractivity contribution is 5.79. The molecule has 3 aliphatic carbocycles. The number of hydrogen-bond acceptors (Lipinski definition) is 3. The van der Waals surface area contributed by atoms with Crippen molar-refractivity contribution in [3.8, 4) is 0 Å². The first-order chi connectivity index (χ1) is 11.1. The molecule has 0 aromatic rings. The van der Waals surface area contributed by atoms with Crippen molar-refractivity contribution in [3.05, 3.63) is 11.6 Å². The summed E-state index contributed by atoms with van der Waals surface area (Å²) in [5.74, 6) is 0.0807. The van der Waals surface area contributed by atoms with E-state index in [0.29, 0.717) is 18.4 Å². The molecule has 0 aromatic heterocycles. The third-order valence-electron chi connectivity index (χ3n) is 5.30. The first kappa shape index (κ1) is 16.5. The van der Waals surface area contributed by atoms with Crippen LogP contribution in [0.3, 0.4) is 0 Å². The van der Waals surface area contributed by atoms with E-state index in [-0.39, 0.29) is 18.5 Å². The molecule has 5 heteroatoms. The topological polar surface area (TPSA) is 69.6 Å². The quantitative estimate of drug-likeness (QED) is 0.673. The number of aliphatic carboxylic acids is 1. The van der Waals surface area contributed by atoms with Crippen LogP contribution in [-0.4, -0.2) is 47.1 Å². The van der Waals surface area contributed by atoms with Crippen LogP contribution in [0.1, 0.15) is 57.8 Å². The molecule has 2 fully saturated rings. The fraction of sp³-hybridized carbons (Fsp3) is 0.778. The van der Waals surface area contributed by atoms with Gasteiger partial charge in [-0.3, -0.25) is 14.5 Å². The summed E-state index contributed by atoms with van der Waals surface area (Å²) in [6.07, 6.45) is 11.6. The molecule has 0 heterocycles. The van der Waals surface area contributed by atoms with Gasteiger partial charge in [-0.05, 0) is 57.3 Å². The van der Waals surface area contributed by atoms with Crippen molar-refractivity contribution in [1.29, 1.82) is 0 Å². The second-order valence-corrected chi connectivity index (χ2v) is 7.44. The zero-order valence-corrected chi connectivity index (χ0v) is 13.8. The summed E-state index contributed by atoms with van der Waals surface area (Å²) >= 11 is 0. The number of nitrogens with zero attached hydrogens (tertiary/aromatic N) is 1. The molecule has 0 aliphatic heterocycles. The fourth-order valence-electron chi connectivity index (χ4n) is 3.70. The standard InChI is InChI=1S/C18H28N2O3/c21-17(8-13-4-2-1-3-5-13)19-15-9-16(10-15)20(12-18(22)23)11-14-6-7-14/h4,14-16H,1-3,5-12H2,(H,19,21)(H,22,23). The van der Waals surface area contributed by atoms with Crippen LogP contribution in [0.5, 0.6) is 0 Å². The van der Waals surface area contributed by atoms with Crippen LogP contribution >= 0.6 is 0 Å². The molecule has 3 aliphatic rings. The van der Waals surface area contributed by atoms with E-state index in [0.717, 1.165) is 32.2 Å². The van der Waals surface area contributed by atoms with Crippen LogP contribution in [0.4, 0.5) is 0 Å². The predicted octanol–water partition coefficient (Wildman–Crippen LogP) is 2.32. The average molecular weight is 320 g/mol. The first-order valence-corrected chi connectivity index (χ1v) is 9.03. The van der Waals surface area contributed by atoms with Gasteiger partial charge in [0.05, 0.1) is 6.54 Å². The van der Waals surface area contributed by atoms with Gasteiger partial charge in [0, 0.05) is 25.0 Å². The maximum absolute atomic E-state index is 12.1. The molecule has 2 N–H and O–H groups in total. The van der Waals surface area contributed by atoms with E-state index in [1.807, 2.05) is 0 Å². The molecule has 23 heavy (non-hydrogen) atoms. The SMILES string of the molecule is O=C(O)CN(CC1CC1)C1CC(NC(=O)CC2=CCCCC2)C1. The highest BCUT2D eigenvalue weighted by Gasteiger charge is 2.37. The van der Waals surface area contributed by atoms with E-state index in [2.05, 4.69) is 16.3 Å². The van der Waals surface area contributed by atoms with E-state index in [4.69, 9.17) is 5.11 Å². The van der Waals surface area contributed by atoms with Crippen LogP contribution in [-0.2, 0) is 9.59 Å². The van der Waals surface area contributed by atoms with Crippen molar-refractivity contribution in [3.63, 3.8) is 0 Å². The zero-order valence-electron chi connectivity index (χ0n) is 13.8. The zero-order chi connectivity index (χ0) is 16.2. The van der Waals surface area contributed by atoms with Crippen LogP contribution < -0.4 is 5.32 Å². The lowest BCUT2D eigenvalue weighted by Crippen LogP contribution is -2.55. The lowest BCUT2D eigenvalue weighted by molar-refractivity contribution is -0.140. The number of carbonyl (C=O) groups excluding carboxylic acids is 1. The minimum Gasteiger partial charge on any atom is -0.480 e. The van der Waals surface area contributed by atoms with Gasteiger partial charge in [-0.2, -0.15) is 0 Å². The largest absolute Gasteiger partial charge is 0.480 e. The number of carboxylic acid groups (broad SMARTS) is 1. The monoisotopic (exact) mass is 320 g/mol. The van der Waals surface area contributed by atoms with Gasteiger partial charge >= 0.3 is 5.97 Å². The molecule has 0 atom stereocenters. The van der Waals surface area contributed by atoms with Gasteiger partial charge in [-0.25, -0.2) is 0 Å². The molecule has 0 radical (unpaired) electrons. The van der Waals surface area contributed by atoms with Crippen molar-refractivity contribution >= 4 is 11.9 Å². The maximum atomic E-state index is 12.1. The minimum absolute atomic E-state index is 0.133. The molecule has 5 nitrogen and oxygen atoms in total. The number of carboxylic acids is 1. The van der Waals surface area contributed by atoms with Crippen molar-refractivity contribution in [2.75, 3.05) is 13.1 Å². The number of amides is 1. The summed E-state index contributed by atoms with van der Waals surface area (Å²) in [6, 6.07) is 0.554. The highest BCUT2D eigenvalue weighted by atomic mass is 16.4. The van der Waals surface area contributed by atoms with Crippen LogP contribution in [0.15, 0.2) is 11.6 Å². The molecule has 0 saturated heterocycles. The molecule has 1 amide bonds. The third-order valence-corrected chi connectivity index (χ3v) is 5.30. The highest BCUT2D eigenvalue weighted by Crippen LogP contribution is 2.33. The van der Waals surface area contributed by atoms with Crippen LogP contribution in [0, 0.1) is 5.92 Å². The summed E-state index contributed by atoms with van der Waals surface area (Å²) in [5, 5.41) is 12.2. The predicted molar refractivity (Wildman–Crippen MR) is 88.1 cm³/mol. The molecule has 0 unspecified atom stereocenters. The summed E-state index contributed by atoms with van der Waals surface area (Å²) in [7, 11) is 0. The summed E-state index contributed by atoms with van der Waals surface area (Å²) in [4.78, 5) is 25.2. The Labute approximate surface area is 138 Å². The van der Waals surface area contributed by atoms with E-state index < -0.39 is 5.97 Å². The number of rotatable bonds is 8. The van der Waals surface area contributed by atoms with Gasteiger partial charge in [-0.15, -0.1) is 0 Å². The van der Waals surface area contributed by atoms with Crippen molar-refractivity contribution in [2.24, 2.45) is 5.92 Å². The molecule has 0 bridgehead atoms. The lowest BCUT2D eigenvalue weighted by atomic mass is 9.85. The van der Waals surface area contributed by atoms with Crippen LogP contribution in [0.2, 0.25) is 0 Å². The molecule has 128 valence electrons.